The molecule has 25 heavy (non-hydrogen) atoms. The maximum Gasteiger partial charge on any atom is 0.253 e. The summed E-state index contributed by atoms with van der Waals surface area (Å²) in [6, 6.07) is 17.6. The number of rotatable bonds is 4. The minimum atomic E-state index is 0.0681. The van der Waals surface area contributed by atoms with E-state index >= 15 is 0 Å². The van der Waals surface area contributed by atoms with Crippen LogP contribution in [0.25, 0.3) is 0 Å². The fraction of sp³-hybridized carbons (Fsp3) is 0.333. The third-order valence-electron chi connectivity index (χ3n) is 5.09. The summed E-state index contributed by atoms with van der Waals surface area (Å²) in [6.07, 6.45) is 2.98. The number of benzene rings is 2. The third-order valence-corrected chi connectivity index (χ3v) is 5.09. The van der Waals surface area contributed by atoms with Crippen LogP contribution in [0.15, 0.2) is 54.6 Å². The Hall–Kier alpha value is -2.62. The van der Waals surface area contributed by atoms with E-state index in [2.05, 4.69) is 29.6 Å². The Kier molecular flexibility index (Phi) is 4.26. The highest BCUT2D eigenvalue weighted by molar-refractivity contribution is 5.97. The van der Waals surface area contributed by atoms with E-state index in [1.54, 1.807) is 12.1 Å². The second-order valence-corrected chi connectivity index (χ2v) is 6.99. The van der Waals surface area contributed by atoms with Gasteiger partial charge in [-0.15, -0.1) is 0 Å². The first kappa shape index (κ1) is 15.9. The minimum absolute atomic E-state index is 0.0681. The van der Waals surface area contributed by atoms with Crippen molar-refractivity contribution in [3.63, 3.8) is 0 Å². The van der Waals surface area contributed by atoms with Gasteiger partial charge in [-0.1, -0.05) is 30.3 Å². The van der Waals surface area contributed by atoms with Crippen molar-refractivity contribution in [1.82, 2.24) is 4.90 Å². The number of nitrogens with one attached hydrogen (secondary N) is 1. The number of hydrogen-bond acceptors (Lipinski definition) is 2. The van der Waals surface area contributed by atoms with Gasteiger partial charge in [0, 0.05) is 36.2 Å². The lowest BCUT2D eigenvalue weighted by Gasteiger charge is -2.17. The Bertz CT molecular complexity index is 766. The molecule has 1 aliphatic heterocycles. The number of carbonyl (C=O) groups is 2. The third kappa shape index (κ3) is 3.58. The average molecular weight is 334 g/mol. The normalized spacial score (nSPS) is 19.7. The Balaban J connectivity index is 1.38. The molecule has 4 nitrogen and oxygen atoms in total. The molecule has 1 saturated carbocycles. The molecule has 1 heterocycles. The summed E-state index contributed by atoms with van der Waals surface area (Å²) in [7, 11) is 0. The van der Waals surface area contributed by atoms with Gasteiger partial charge in [-0.2, -0.15) is 0 Å². The summed E-state index contributed by atoms with van der Waals surface area (Å²) in [5.74, 6) is 0.755. The Labute approximate surface area is 147 Å². The molecule has 0 bridgehead atoms. The summed E-state index contributed by atoms with van der Waals surface area (Å²) >= 11 is 0. The van der Waals surface area contributed by atoms with Gasteiger partial charge in [-0.05, 0) is 49.1 Å². The monoisotopic (exact) mass is 334 g/mol. The van der Waals surface area contributed by atoms with E-state index in [0.29, 0.717) is 11.5 Å². The maximum atomic E-state index is 12.7. The van der Waals surface area contributed by atoms with E-state index in [1.165, 1.54) is 5.56 Å². The summed E-state index contributed by atoms with van der Waals surface area (Å²) in [4.78, 5) is 26.4. The first-order valence-corrected chi connectivity index (χ1v) is 8.96. The van der Waals surface area contributed by atoms with Gasteiger partial charge in [0.05, 0.1) is 0 Å². The van der Waals surface area contributed by atoms with Crippen LogP contribution in [0, 0.1) is 5.92 Å². The molecule has 128 valence electrons. The zero-order chi connectivity index (χ0) is 17.2. The van der Waals surface area contributed by atoms with E-state index in [0.717, 1.165) is 38.0 Å². The smallest absolute Gasteiger partial charge is 0.253 e. The lowest BCUT2D eigenvalue weighted by atomic mass is 9.99. The zero-order valence-electron chi connectivity index (χ0n) is 14.2. The van der Waals surface area contributed by atoms with Crippen LogP contribution in [-0.4, -0.2) is 29.8 Å². The van der Waals surface area contributed by atoms with Crippen LogP contribution in [0.1, 0.15) is 41.1 Å². The zero-order valence-corrected chi connectivity index (χ0v) is 14.2. The van der Waals surface area contributed by atoms with Crippen LogP contribution in [0.3, 0.4) is 0 Å². The second kappa shape index (κ2) is 6.71. The number of nitrogens with zero attached hydrogens (tertiary/aromatic N) is 1. The van der Waals surface area contributed by atoms with Crippen LogP contribution in [0.5, 0.6) is 0 Å². The van der Waals surface area contributed by atoms with Crippen molar-refractivity contribution < 1.29 is 9.59 Å². The summed E-state index contributed by atoms with van der Waals surface area (Å²) in [6.45, 7) is 1.56. The number of likely N-dealkylation sites (tertiary alicyclic amines) is 1. The highest BCUT2D eigenvalue weighted by atomic mass is 16.2. The fourth-order valence-electron chi connectivity index (χ4n) is 3.41. The molecule has 2 aromatic carbocycles. The number of anilines is 1. The van der Waals surface area contributed by atoms with E-state index in [-0.39, 0.29) is 17.7 Å². The fourth-order valence-corrected chi connectivity index (χ4v) is 3.41. The highest BCUT2D eigenvalue weighted by Gasteiger charge is 2.30. The van der Waals surface area contributed by atoms with Crippen molar-refractivity contribution in [2.24, 2.45) is 5.92 Å². The minimum Gasteiger partial charge on any atom is -0.338 e. The standard InChI is InChI=1S/C21H22N2O2/c24-20(16-6-7-16)22-19-10-8-17(9-11-19)21(25)23-13-12-18(14-23)15-4-2-1-3-5-15/h1-5,8-11,16,18H,6-7,12-14H2,(H,22,24)/t18-/m1/s1. The van der Waals surface area contributed by atoms with Crippen LogP contribution in [0.2, 0.25) is 0 Å². The molecule has 4 rings (SSSR count). The molecular formula is C21H22N2O2. The topological polar surface area (TPSA) is 49.4 Å². The molecule has 1 N–H and O–H groups in total. The van der Waals surface area contributed by atoms with Crippen LogP contribution < -0.4 is 5.32 Å². The molecule has 4 heteroatoms. The van der Waals surface area contributed by atoms with Crippen molar-refractivity contribution >= 4 is 17.5 Å². The summed E-state index contributed by atoms with van der Waals surface area (Å²) in [5, 5.41) is 2.90. The van der Waals surface area contributed by atoms with Gasteiger partial charge in [0.2, 0.25) is 5.91 Å². The lowest BCUT2D eigenvalue weighted by Crippen LogP contribution is -2.28. The molecule has 2 amide bonds. The first-order chi connectivity index (χ1) is 12.2. The number of hydrogen-bond donors (Lipinski definition) is 1. The molecule has 1 saturated heterocycles. The van der Waals surface area contributed by atoms with Crippen LogP contribution >= 0.6 is 0 Å². The van der Waals surface area contributed by atoms with Gasteiger partial charge in [0.1, 0.15) is 0 Å². The molecule has 1 aliphatic carbocycles. The number of amides is 2. The van der Waals surface area contributed by atoms with Crippen LogP contribution in [-0.2, 0) is 4.79 Å². The summed E-state index contributed by atoms with van der Waals surface area (Å²) < 4.78 is 0. The maximum absolute atomic E-state index is 12.7. The summed E-state index contributed by atoms with van der Waals surface area (Å²) in [5.41, 5.74) is 2.74. The lowest BCUT2D eigenvalue weighted by molar-refractivity contribution is -0.117. The van der Waals surface area contributed by atoms with E-state index in [1.807, 2.05) is 23.1 Å². The quantitative estimate of drug-likeness (QED) is 0.927. The SMILES string of the molecule is O=C(Nc1ccc(C(=O)N2CC[C@@H](c3ccccc3)C2)cc1)C1CC1. The predicted octanol–water partition coefficient (Wildman–Crippen LogP) is 3.66. The molecule has 0 aromatic heterocycles. The molecule has 0 radical (unpaired) electrons. The molecule has 0 spiro atoms. The molecular weight excluding hydrogens is 312 g/mol. The van der Waals surface area contributed by atoms with Crippen molar-refractivity contribution in [3.8, 4) is 0 Å². The number of carbonyl (C=O) groups excluding carboxylic acids is 2. The van der Waals surface area contributed by atoms with Crippen molar-refractivity contribution in [1.29, 1.82) is 0 Å². The van der Waals surface area contributed by atoms with Crippen molar-refractivity contribution in [2.75, 3.05) is 18.4 Å². The molecule has 2 aliphatic rings. The highest BCUT2D eigenvalue weighted by Crippen LogP contribution is 2.30. The van der Waals surface area contributed by atoms with Gasteiger partial charge in [-0.25, -0.2) is 0 Å². The van der Waals surface area contributed by atoms with Gasteiger partial charge in [0.15, 0.2) is 0 Å². The van der Waals surface area contributed by atoms with E-state index < -0.39 is 0 Å². The van der Waals surface area contributed by atoms with Gasteiger partial charge < -0.3 is 10.2 Å². The van der Waals surface area contributed by atoms with E-state index in [9.17, 15) is 9.59 Å². The molecule has 1 atom stereocenters. The Morgan fingerprint density at radius 2 is 1.64 bits per heavy atom. The molecule has 2 fully saturated rings. The first-order valence-electron chi connectivity index (χ1n) is 8.96. The van der Waals surface area contributed by atoms with Crippen molar-refractivity contribution in [3.05, 3.63) is 65.7 Å². The van der Waals surface area contributed by atoms with Gasteiger partial charge in [-0.3, -0.25) is 9.59 Å². The molecule has 2 aromatic rings. The largest absolute Gasteiger partial charge is 0.338 e. The van der Waals surface area contributed by atoms with Crippen molar-refractivity contribution in [2.45, 2.75) is 25.2 Å². The van der Waals surface area contributed by atoms with Gasteiger partial charge in [0.25, 0.3) is 5.91 Å². The van der Waals surface area contributed by atoms with E-state index in [4.69, 9.17) is 0 Å². The van der Waals surface area contributed by atoms with Crippen LogP contribution in [0.4, 0.5) is 5.69 Å². The Morgan fingerprint density at radius 1 is 0.920 bits per heavy atom. The average Bonchev–Trinajstić information content (AvgIpc) is 3.39. The second-order valence-electron chi connectivity index (χ2n) is 6.99. The predicted molar refractivity (Wildman–Crippen MR) is 97.5 cm³/mol. The Morgan fingerprint density at radius 3 is 2.32 bits per heavy atom. The van der Waals surface area contributed by atoms with Gasteiger partial charge >= 0.3 is 0 Å². The molecule has 0 unspecified atom stereocenters.